The van der Waals surface area contributed by atoms with Crippen LogP contribution in [0, 0.1) is 5.92 Å². The Morgan fingerprint density at radius 2 is 2.05 bits per heavy atom. The molecule has 0 unspecified atom stereocenters. The number of amides is 5. The van der Waals surface area contributed by atoms with E-state index in [1.807, 2.05) is 6.92 Å². The van der Waals surface area contributed by atoms with E-state index in [4.69, 9.17) is 0 Å². The van der Waals surface area contributed by atoms with Crippen LogP contribution in [0.1, 0.15) is 27.2 Å². The van der Waals surface area contributed by atoms with Crippen LogP contribution in [0.2, 0.25) is 0 Å². The predicted octanol–water partition coefficient (Wildman–Crippen LogP) is -0.485. The predicted molar refractivity (Wildman–Crippen MR) is 75.2 cm³/mol. The average molecular weight is 296 g/mol. The lowest BCUT2D eigenvalue weighted by atomic mass is 10.1. The Morgan fingerprint density at radius 3 is 2.71 bits per heavy atom. The number of nitrogens with zero attached hydrogens (tertiary/aromatic N) is 2. The van der Waals surface area contributed by atoms with Crippen LogP contribution in [-0.4, -0.2) is 47.5 Å². The first kappa shape index (κ1) is 15.1. The molecular formula is C12H20N6O3. The standard InChI is InChI=1S/C12H20N6O3/c1-6(2)4-7(3)16-17-8(19)5-18-10-9(14-12(18)21)13-11(20)15-10/h6,9-10H,4-5H2,1-3H3,(H,14,21)(H,17,19)(H2,13,15,20)/b16-7-/t9-,10+/m0/s1. The number of urea groups is 2. The zero-order valence-electron chi connectivity index (χ0n) is 12.3. The summed E-state index contributed by atoms with van der Waals surface area (Å²) in [6.07, 6.45) is -0.282. The summed E-state index contributed by atoms with van der Waals surface area (Å²) in [6.45, 7) is 5.78. The fourth-order valence-electron chi connectivity index (χ4n) is 2.35. The highest BCUT2D eigenvalue weighted by Gasteiger charge is 2.45. The molecule has 5 amide bonds. The molecule has 2 fully saturated rings. The molecule has 4 N–H and O–H groups in total. The normalized spacial score (nSPS) is 24.6. The smallest absolute Gasteiger partial charge is 0.314 e. The maximum Gasteiger partial charge on any atom is 0.321 e. The highest BCUT2D eigenvalue weighted by molar-refractivity contribution is 5.89. The zero-order valence-corrected chi connectivity index (χ0v) is 12.3. The fraction of sp³-hybridized carbons (Fsp3) is 0.667. The summed E-state index contributed by atoms with van der Waals surface area (Å²) in [5.74, 6) is 0.0469. The topological polar surface area (TPSA) is 115 Å². The Labute approximate surface area is 122 Å². The molecule has 116 valence electrons. The second-order valence-electron chi connectivity index (χ2n) is 5.60. The number of nitrogens with one attached hydrogen (secondary N) is 4. The lowest BCUT2D eigenvalue weighted by Gasteiger charge is -2.19. The Hall–Kier alpha value is -2.32. The minimum absolute atomic E-state index is 0.173. The lowest BCUT2D eigenvalue weighted by molar-refractivity contribution is -0.121. The van der Waals surface area contributed by atoms with Crippen LogP contribution in [0.4, 0.5) is 9.59 Å². The van der Waals surface area contributed by atoms with Crippen LogP contribution < -0.4 is 21.4 Å². The van der Waals surface area contributed by atoms with Crippen LogP contribution in [0.3, 0.4) is 0 Å². The third-order valence-electron chi connectivity index (χ3n) is 3.15. The highest BCUT2D eigenvalue weighted by Crippen LogP contribution is 2.13. The van der Waals surface area contributed by atoms with Crippen molar-refractivity contribution in [3.8, 4) is 0 Å². The summed E-state index contributed by atoms with van der Waals surface area (Å²) < 4.78 is 0. The first-order valence-electron chi connectivity index (χ1n) is 6.83. The largest absolute Gasteiger partial charge is 0.321 e. The maximum absolute atomic E-state index is 11.8. The summed E-state index contributed by atoms with van der Waals surface area (Å²) >= 11 is 0. The average Bonchev–Trinajstić information content (AvgIpc) is 2.84. The molecule has 2 atom stereocenters. The molecule has 2 rings (SSSR count). The van der Waals surface area contributed by atoms with Crippen LogP contribution in [-0.2, 0) is 4.79 Å². The molecule has 0 spiro atoms. The highest BCUT2D eigenvalue weighted by atomic mass is 16.2. The molecule has 2 aliphatic rings. The molecule has 2 aliphatic heterocycles. The van der Waals surface area contributed by atoms with E-state index < -0.39 is 24.3 Å². The van der Waals surface area contributed by atoms with Crippen molar-refractivity contribution in [1.29, 1.82) is 0 Å². The molecule has 21 heavy (non-hydrogen) atoms. The number of rotatable bonds is 5. The molecule has 9 nitrogen and oxygen atoms in total. The number of carbonyl (C=O) groups is 3. The minimum atomic E-state index is -0.559. The molecule has 0 bridgehead atoms. The van der Waals surface area contributed by atoms with Gasteiger partial charge in [0.25, 0.3) is 5.91 Å². The van der Waals surface area contributed by atoms with Crippen molar-refractivity contribution in [1.82, 2.24) is 26.3 Å². The van der Waals surface area contributed by atoms with E-state index in [9.17, 15) is 14.4 Å². The first-order chi connectivity index (χ1) is 9.86. The molecule has 0 aromatic heterocycles. The third kappa shape index (κ3) is 3.61. The van der Waals surface area contributed by atoms with Gasteiger partial charge in [-0.25, -0.2) is 15.0 Å². The Bertz CT molecular complexity index is 489. The van der Waals surface area contributed by atoms with Crippen molar-refractivity contribution in [2.45, 2.75) is 39.5 Å². The quantitative estimate of drug-likeness (QED) is 0.405. The second kappa shape index (κ2) is 5.98. The van der Waals surface area contributed by atoms with Crippen LogP contribution in [0.5, 0.6) is 0 Å². The molecule has 0 aliphatic carbocycles. The van der Waals surface area contributed by atoms with Crippen molar-refractivity contribution in [2.24, 2.45) is 11.0 Å². The first-order valence-corrected chi connectivity index (χ1v) is 6.83. The van der Waals surface area contributed by atoms with Gasteiger partial charge >= 0.3 is 12.1 Å². The van der Waals surface area contributed by atoms with Crippen molar-refractivity contribution in [3.63, 3.8) is 0 Å². The van der Waals surface area contributed by atoms with Crippen LogP contribution in [0.15, 0.2) is 5.10 Å². The summed E-state index contributed by atoms with van der Waals surface area (Å²) in [5, 5.41) is 11.7. The van der Waals surface area contributed by atoms with Gasteiger partial charge in [-0.3, -0.25) is 9.69 Å². The van der Waals surface area contributed by atoms with Crippen molar-refractivity contribution < 1.29 is 14.4 Å². The van der Waals surface area contributed by atoms with Gasteiger partial charge in [0, 0.05) is 5.71 Å². The molecule has 2 saturated heterocycles. The van der Waals surface area contributed by atoms with Gasteiger partial charge in [-0.2, -0.15) is 5.10 Å². The van der Waals surface area contributed by atoms with Gasteiger partial charge in [-0.05, 0) is 19.3 Å². The summed E-state index contributed by atoms with van der Waals surface area (Å²) in [5.41, 5.74) is 3.24. The molecule has 0 aromatic rings. The van der Waals surface area contributed by atoms with Gasteiger partial charge in [0.1, 0.15) is 18.9 Å². The molecular weight excluding hydrogens is 276 g/mol. The maximum atomic E-state index is 11.8. The molecule has 2 heterocycles. The summed E-state index contributed by atoms with van der Waals surface area (Å²) in [4.78, 5) is 36.0. The van der Waals surface area contributed by atoms with Crippen LogP contribution >= 0.6 is 0 Å². The second-order valence-corrected chi connectivity index (χ2v) is 5.60. The van der Waals surface area contributed by atoms with Crippen molar-refractivity contribution in [3.05, 3.63) is 0 Å². The van der Waals surface area contributed by atoms with E-state index in [0.29, 0.717) is 5.92 Å². The monoisotopic (exact) mass is 296 g/mol. The third-order valence-corrected chi connectivity index (χ3v) is 3.15. The van der Waals surface area contributed by atoms with Gasteiger partial charge in [-0.15, -0.1) is 0 Å². The number of fused-ring (bicyclic) bond motifs is 1. The Kier molecular flexibility index (Phi) is 4.29. The van der Waals surface area contributed by atoms with Gasteiger partial charge < -0.3 is 16.0 Å². The molecule has 0 radical (unpaired) electrons. The summed E-state index contributed by atoms with van der Waals surface area (Å²) in [6, 6.07) is -0.781. The van der Waals surface area contributed by atoms with E-state index >= 15 is 0 Å². The minimum Gasteiger partial charge on any atom is -0.314 e. The fourth-order valence-corrected chi connectivity index (χ4v) is 2.35. The van der Waals surface area contributed by atoms with E-state index in [0.717, 1.165) is 12.1 Å². The zero-order chi connectivity index (χ0) is 15.6. The summed E-state index contributed by atoms with van der Waals surface area (Å²) in [7, 11) is 0. The Morgan fingerprint density at radius 1 is 1.33 bits per heavy atom. The van der Waals surface area contributed by atoms with Crippen molar-refractivity contribution in [2.75, 3.05) is 6.54 Å². The van der Waals surface area contributed by atoms with E-state index in [1.54, 1.807) is 0 Å². The molecule has 0 saturated carbocycles. The van der Waals surface area contributed by atoms with Gasteiger partial charge in [0.2, 0.25) is 0 Å². The van der Waals surface area contributed by atoms with Gasteiger partial charge in [0.05, 0.1) is 0 Å². The Balaban J connectivity index is 1.87. The number of carbonyl (C=O) groups excluding carboxylic acids is 3. The lowest BCUT2D eigenvalue weighted by Crippen LogP contribution is -2.47. The van der Waals surface area contributed by atoms with E-state index in [1.165, 1.54) is 4.90 Å². The molecule has 9 heteroatoms. The van der Waals surface area contributed by atoms with Gasteiger partial charge in [0.15, 0.2) is 0 Å². The number of hydrogen-bond donors (Lipinski definition) is 4. The number of hydrazone groups is 1. The van der Waals surface area contributed by atoms with Crippen molar-refractivity contribution >= 4 is 23.7 Å². The number of hydrogen-bond acceptors (Lipinski definition) is 4. The SMILES string of the molecule is C/C(CC(C)C)=N/NC(=O)CN1C(=O)N[C@@H]2NC(=O)N[C@@H]21. The van der Waals surface area contributed by atoms with E-state index in [-0.39, 0.29) is 12.6 Å². The van der Waals surface area contributed by atoms with Crippen LogP contribution in [0.25, 0.3) is 0 Å². The van der Waals surface area contributed by atoms with Gasteiger partial charge in [-0.1, -0.05) is 13.8 Å². The van der Waals surface area contributed by atoms with E-state index in [2.05, 4.69) is 40.3 Å². The molecule has 0 aromatic carbocycles.